The molecule has 162 valence electrons. The summed E-state index contributed by atoms with van der Waals surface area (Å²) in [5.41, 5.74) is 0.837. The van der Waals surface area contributed by atoms with E-state index in [-0.39, 0.29) is 43.2 Å². The Kier molecular flexibility index (Phi) is 5.88. The summed E-state index contributed by atoms with van der Waals surface area (Å²) in [4.78, 5) is 0. The molecule has 2 bridgehead atoms. The van der Waals surface area contributed by atoms with Crippen LogP contribution in [0.25, 0.3) is 0 Å². The van der Waals surface area contributed by atoms with Gasteiger partial charge < -0.3 is 9.47 Å². The van der Waals surface area contributed by atoms with Crippen molar-refractivity contribution in [3.8, 4) is 5.75 Å². The fourth-order valence-corrected chi connectivity index (χ4v) is 6.05. The number of hydrogen-bond acceptors (Lipinski definition) is 4. The van der Waals surface area contributed by atoms with E-state index in [4.69, 9.17) is 9.47 Å². The molecular formula is C21H29F2NO4S. The minimum absolute atomic E-state index is 0.0441. The first-order chi connectivity index (χ1) is 13.7. The highest BCUT2D eigenvalue weighted by molar-refractivity contribution is 7.88. The van der Waals surface area contributed by atoms with Gasteiger partial charge >= 0.3 is 0 Å². The summed E-state index contributed by atoms with van der Waals surface area (Å²) in [5, 5.41) is 0. The van der Waals surface area contributed by atoms with E-state index in [0.717, 1.165) is 24.7 Å². The van der Waals surface area contributed by atoms with Gasteiger partial charge in [0.2, 0.25) is 10.0 Å². The number of halogens is 2. The van der Waals surface area contributed by atoms with E-state index in [2.05, 4.69) is 4.72 Å². The molecule has 1 unspecified atom stereocenters. The fourth-order valence-electron chi connectivity index (χ4n) is 5.21. The van der Waals surface area contributed by atoms with Gasteiger partial charge in [0.05, 0.1) is 19.5 Å². The van der Waals surface area contributed by atoms with Crippen molar-refractivity contribution in [3.05, 3.63) is 29.8 Å². The third-order valence-corrected chi connectivity index (χ3v) is 7.38. The molecule has 1 aromatic rings. The highest BCUT2D eigenvalue weighted by Gasteiger charge is 2.48. The molecule has 2 heterocycles. The van der Waals surface area contributed by atoms with Crippen LogP contribution in [0, 0.1) is 11.8 Å². The van der Waals surface area contributed by atoms with Crippen LogP contribution < -0.4 is 9.46 Å². The van der Waals surface area contributed by atoms with Gasteiger partial charge in [-0.25, -0.2) is 21.9 Å². The van der Waals surface area contributed by atoms with E-state index in [1.807, 2.05) is 24.3 Å². The van der Waals surface area contributed by atoms with Gasteiger partial charge in [0.1, 0.15) is 11.9 Å². The molecule has 1 N–H and O–H groups in total. The highest BCUT2D eigenvalue weighted by Crippen LogP contribution is 2.46. The van der Waals surface area contributed by atoms with Gasteiger partial charge in [-0.05, 0) is 49.1 Å². The van der Waals surface area contributed by atoms with E-state index < -0.39 is 22.0 Å². The molecule has 2 fully saturated rings. The number of alkyl halides is 2. The Bertz CT molecular complexity index is 832. The van der Waals surface area contributed by atoms with Crippen molar-refractivity contribution in [2.24, 2.45) is 11.8 Å². The zero-order valence-electron chi connectivity index (χ0n) is 16.7. The lowest BCUT2D eigenvalue weighted by atomic mass is 9.76. The van der Waals surface area contributed by atoms with Crippen molar-refractivity contribution in [1.82, 2.24) is 4.72 Å². The van der Waals surface area contributed by atoms with Crippen molar-refractivity contribution in [1.29, 1.82) is 0 Å². The van der Waals surface area contributed by atoms with Crippen molar-refractivity contribution in [3.63, 3.8) is 0 Å². The summed E-state index contributed by atoms with van der Waals surface area (Å²) in [6, 6.07) is 7.14. The lowest BCUT2D eigenvalue weighted by Crippen LogP contribution is -2.50. The number of sulfonamides is 1. The van der Waals surface area contributed by atoms with Crippen LogP contribution in [0.3, 0.4) is 0 Å². The molecule has 29 heavy (non-hydrogen) atoms. The van der Waals surface area contributed by atoms with Crippen LogP contribution >= 0.6 is 0 Å². The fraction of sp³-hybridized carbons (Fsp3) is 0.714. The van der Waals surface area contributed by atoms with Crippen LogP contribution in [0.5, 0.6) is 5.75 Å². The lowest BCUT2D eigenvalue weighted by Gasteiger charge is -2.42. The van der Waals surface area contributed by atoms with Crippen LogP contribution in [-0.4, -0.2) is 46.0 Å². The minimum atomic E-state index is -3.40. The Morgan fingerprint density at radius 3 is 2.66 bits per heavy atom. The summed E-state index contributed by atoms with van der Waals surface area (Å²) in [5.74, 6) is -2.65. The zero-order valence-corrected chi connectivity index (χ0v) is 17.5. The maximum absolute atomic E-state index is 14.9. The van der Waals surface area contributed by atoms with Gasteiger partial charge in [-0.1, -0.05) is 24.6 Å². The Morgan fingerprint density at radius 2 is 1.90 bits per heavy atom. The quantitative estimate of drug-likeness (QED) is 0.779. The normalized spacial score (nSPS) is 34.8. The molecule has 2 aliphatic carbocycles. The number of fused-ring (bicyclic) bond motifs is 4. The predicted octanol–water partition coefficient (Wildman–Crippen LogP) is 3.70. The largest absolute Gasteiger partial charge is 0.493 e. The molecule has 0 radical (unpaired) electrons. The molecule has 5 nitrogen and oxygen atoms in total. The molecule has 2 aliphatic heterocycles. The van der Waals surface area contributed by atoms with Gasteiger partial charge in [-0.15, -0.1) is 0 Å². The molecule has 0 saturated heterocycles. The Hall–Kier alpha value is -1.25. The number of para-hydroxylation sites is 1. The van der Waals surface area contributed by atoms with Crippen molar-refractivity contribution >= 4 is 10.0 Å². The number of hydrogen-bond donors (Lipinski definition) is 1. The number of nitrogens with one attached hydrogen (secondary N) is 1. The van der Waals surface area contributed by atoms with E-state index in [1.54, 1.807) is 0 Å². The second-order valence-corrected chi connectivity index (χ2v) is 10.5. The van der Waals surface area contributed by atoms with Gasteiger partial charge in [-0.2, -0.15) is 0 Å². The SMILES string of the molecule is CS(=O)(=O)N[C@H]1CCCC2COc3ccccc3[C@H]3CC[C@@H](OC[C@H]21)C(F)(F)C3. The van der Waals surface area contributed by atoms with Crippen LogP contribution in [0.4, 0.5) is 8.78 Å². The minimum Gasteiger partial charge on any atom is -0.493 e. The standard InChI is InChI=1S/C21H29F2NO4S/c1-29(25,26)24-18-7-4-5-15-12-27-19-8-3-2-6-16(19)14-9-10-20(21(22,23)11-14)28-13-17(15)18/h2-3,6,8,14-15,17-18,20,24H,4-5,7,9-13H2,1H3/t14-,15?,17+,18-,20+/m0/s1. The first-order valence-corrected chi connectivity index (χ1v) is 12.3. The van der Waals surface area contributed by atoms with Crippen molar-refractivity contribution < 1.29 is 26.7 Å². The van der Waals surface area contributed by atoms with E-state index in [0.29, 0.717) is 25.2 Å². The smallest absolute Gasteiger partial charge is 0.274 e. The Morgan fingerprint density at radius 1 is 1.10 bits per heavy atom. The molecule has 0 amide bonds. The topological polar surface area (TPSA) is 64.6 Å². The molecular weight excluding hydrogens is 400 g/mol. The lowest BCUT2D eigenvalue weighted by molar-refractivity contribution is -0.172. The maximum Gasteiger partial charge on any atom is 0.274 e. The third kappa shape index (κ3) is 4.75. The summed E-state index contributed by atoms with van der Waals surface area (Å²) in [6.07, 6.45) is 3.08. The number of rotatable bonds is 2. The van der Waals surface area contributed by atoms with E-state index in [1.165, 1.54) is 0 Å². The van der Waals surface area contributed by atoms with Gasteiger partial charge in [0.25, 0.3) is 5.92 Å². The van der Waals surface area contributed by atoms with E-state index in [9.17, 15) is 17.2 Å². The monoisotopic (exact) mass is 429 g/mol. The van der Waals surface area contributed by atoms with E-state index >= 15 is 0 Å². The first kappa shape index (κ1) is 21.0. The summed E-state index contributed by atoms with van der Waals surface area (Å²) < 4.78 is 68.1. The molecule has 2 saturated carbocycles. The second-order valence-electron chi connectivity index (χ2n) is 8.76. The second kappa shape index (κ2) is 8.12. The van der Waals surface area contributed by atoms with Crippen LogP contribution in [0.1, 0.15) is 50.0 Å². The Labute approximate surface area is 171 Å². The number of benzene rings is 1. The summed E-state index contributed by atoms with van der Waals surface area (Å²) in [7, 11) is -3.40. The van der Waals surface area contributed by atoms with Crippen LogP contribution in [-0.2, 0) is 14.8 Å². The van der Waals surface area contributed by atoms with Crippen molar-refractivity contribution in [2.45, 2.75) is 62.5 Å². The molecule has 1 aromatic carbocycles. The zero-order chi connectivity index (χ0) is 20.6. The molecule has 5 rings (SSSR count). The molecule has 0 spiro atoms. The molecule has 5 atom stereocenters. The van der Waals surface area contributed by atoms with Crippen LogP contribution in [0.15, 0.2) is 24.3 Å². The Balaban J connectivity index is 1.66. The third-order valence-electron chi connectivity index (χ3n) is 6.65. The summed E-state index contributed by atoms with van der Waals surface area (Å²) in [6.45, 7) is 0.550. The predicted molar refractivity (Wildman–Crippen MR) is 106 cm³/mol. The summed E-state index contributed by atoms with van der Waals surface area (Å²) >= 11 is 0. The van der Waals surface area contributed by atoms with Gasteiger partial charge in [0, 0.05) is 18.4 Å². The van der Waals surface area contributed by atoms with Gasteiger partial charge in [-0.3, -0.25) is 0 Å². The van der Waals surface area contributed by atoms with Gasteiger partial charge in [0.15, 0.2) is 0 Å². The maximum atomic E-state index is 14.9. The molecule has 0 aromatic heterocycles. The number of ether oxygens (including phenoxy) is 2. The first-order valence-electron chi connectivity index (χ1n) is 10.4. The highest BCUT2D eigenvalue weighted by atomic mass is 32.2. The van der Waals surface area contributed by atoms with Crippen LogP contribution in [0.2, 0.25) is 0 Å². The average molecular weight is 430 g/mol. The molecule has 4 aliphatic rings. The van der Waals surface area contributed by atoms with Crippen molar-refractivity contribution in [2.75, 3.05) is 19.5 Å². The average Bonchev–Trinajstić information content (AvgIpc) is 2.64. The molecule has 8 heteroatoms.